The van der Waals surface area contributed by atoms with Crippen molar-refractivity contribution in [2.24, 2.45) is 0 Å². The van der Waals surface area contributed by atoms with Crippen molar-refractivity contribution in [2.75, 3.05) is 4.90 Å². The van der Waals surface area contributed by atoms with Crippen LogP contribution in [0.1, 0.15) is 18.1 Å². The molecule has 0 unspecified atom stereocenters. The molecule has 29 heavy (non-hydrogen) atoms. The Kier molecular flexibility index (Phi) is 4.89. The van der Waals surface area contributed by atoms with Gasteiger partial charge in [0.2, 0.25) is 0 Å². The van der Waals surface area contributed by atoms with Gasteiger partial charge in [-0.1, -0.05) is 0 Å². The van der Waals surface area contributed by atoms with E-state index in [0.29, 0.717) is 12.1 Å². The molecule has 3 rings (SSSR count). The maximum absolute atomic E-state index is 12.9. The SMILES string of the molecule is Cc1cnccc1C[C@@]1(C)NC(=O)N(c2ccc(S(=O)(=O)C(F)(F)F)cc2)C1=O. The topological polar surface area (TPSA) is 96.4 Å². The zero-order valence-electron chi connectivity index (χ0n) is 15.3. The van der Waals surface area contributed by atoms with Crippen molar-refractivity contribution < 1.29 is 31.2 Å². The number of alkyl halides is 3. The first kappa shape index (κ1) is 20.8. The molecule has 0 bridgehead atoms. The number of imide groups is 1. The standard InChI is InChI=1S/C18H16F3N3O4S/c1-11-10-22-8-7-12(11)9-17(2)15(25)24(16(26)23-17)13-3-5-14(6-4-13)29(27,28)18(19,20)21/h3-8,10H,9H2,1-2H3,(H,23,26)/t17-/m1/s1. The lowest BCUT2D eigenvalue weighted by Gasteiger charge is -2.22. The number of rotatable bonds is 4. The summed E-state index contributed by atoms with van der Waals surface area (Å²) in [7, 11) is -5.52. The van der Waals surface area contributed by atoms with E-state index in [0.717, 1.165) is 28.2 Å². The summed E-state index contributed by atoms with van der Waals surface area (Å²) >= 11 is 0. The van der Waals surface area contributed by atoms with Crippen LogP contribution >= 0.6 is 0 Å². The van der Waals surface area contributed by atoms with Crippen molar-refractivity contribution in [1.29, 1.82) is 0 Å². The molecule has 1 aliphatic rings. The van der Waals surface area contributed by atoms with Crippen LogP contribution in [0.5, 0.6) is 0 Å². The molecule has 0 aliphatic carbocycles. The molecule has 1 saturated heterocycles. The highest BCUT2D eigenvalue weighted by Gasteiger charge is 2.49. The highest BCUT2D eigenvalue weighted by atomic mass is 32.2. The van der Waals surface area contributed by atoms with Crippen LogP contribution in [0.4, 0.5) is 23.7 Å². The van der Waals surface area contributed by atoms with E-state index in [4.69, 9.17) is 0 Å². The van der Waals surface area contributed by atoms with Crippen LogP contribution in [0.15, 0.2) is 47.6 Å². The van der Waals surface area contributed by atoms with Crippen molar-refractivity contribution in [1.82, 2.24) is 10.3 Å². The molecule has 1 fully saturated rings. The van der Waals surface area contributed by atoms with E-state index in [1.165, 1.54) is 6.92 Å². The fourth-order valence-corrected chi connectivity index (χ4v) is 3.79. The lowest BCUT2D eigenvalue weighted by atomic mass is 9.91. The number of sulfone groups is 1. The molecule has 7 nitrogen and oxygen atoms in total. The summed E-state index contributed by atoms with van der Waals surface area (Å²) in [4.78, 5) is 29.1. The Morgan fingerprint density at radius 2 is 1.76 bits per heavy atom. The highest BCUT2D eigenvalue weighted by Crippen LogP contribution is 2.33. The van der Waals surface area contributed by atoms with E-state index in [-0.39, 0.29) is 12.1 Å². The number of carbonyl (C=O) groups excluding carboxylic acids is 2. The van der Waals surface area contributed by atoms with E-state index in [9.17, 15) is 31.2 Å². The number of nitrogens with zero attached hydrogens (tertiary/aromatic N) is 2. The van der Waals surface area contributed by atoms with Gasteiger partial charge in [0.1, 0.15) is 5.54 Å². The number of pyridine rings is 1. The molecule has 2 aromatic rings. The van der Waals surface area contributed by atoms with Gasteiger partial charge in [0.25, 0.3) is 15.7 Å². The minimum Gasteiger partial charge on any atom is -0.323 e. The minimum absolute atomic E-state index is 0.0381. The van der Waals surface area contributed by atoms with Crippen molar-refractivity contribution in [3.05, 3.63) is 53.9 Å². The first-order chi connectivity index (χ1) is 13.4. The Balaban J connectivity index is 1.90. The fourth-order valence-electron chi connectivity index (χ4n) is 3.03. The number of halogens is 3. The first-order valence-corrected chi connectivity index (χ1v) is 9.83. The summed E-state index contributed by atoms with van der Waals surface area (Å²) in [5.74, 6) is -0.606. The van der Waals surface area contributed by atoms with Gasteiger partial charge in [0.15, 0.2) is 0 Å². The Labute approximate surface area is 164 Å². The van der Waals surface area contributed by atoms with E-state index < -0.39 is 37.7 Å². The summed E-state index contributed by atoms with van der Waals surface area (Å²) in [6.45, 7) is 3.35. The van der Waals surface area contributed by atoms with Crippen LogP contribution in [0.3, 0.4) is 0 Å². The summed E-state index contributed by atoms with van der Waals surface area (Å²) in [5, 5.41) is 2.59. The third-order valence-electron chi connectivity index (χ3n) is 4.65. The van der Waals surface area contributed by atoms with Crippen LogP contribution in [-0.2, 0) is 21.1 Å². The van der Waals surface area contributed by atoms with Crippen LogP contribution in [0, 0.1) is 6.92 Å². The zero-order chi connectivity index (χ0) is 21.6. The van der Waals surface area contributed by atoms with Crippen molar-refractivity contribution in [3.8, 4) is 0 Å². The Hall–Kier alpha value is -2.95. The molecule has 1 aromatic heterocycles. The molecule has 0 radical (unpaired) electrons. The number of benzene rings is 1. The lowest BCUT2D eigenvalue weighted by molar-refractivity contribution is -0.121. The van der Waals surface area contributed by atoms with Gasteiger partial charge in [0, 0.05) is 18.8 Å². The number of hydrogen-bond donors (Lipinski definition) is 1. The number of anilines is 1. The molecule has 0 saturated carbocycles. The van der Waals surface area contributed by atoms with Gasteiger partial charge in [0.05, 0.1) is 10.6 Å². The molecular weight excluding hydrogens is 411 g/mol. The average Bonchev–Trinajstić information content (AvgIpc) is 2.85. The third-order valence-corrected chi connectivity index (χ3v) is 6.15. The molecule has 1 aliphatic heterocycles. The molecule has 1 atom stereocenters. The van der Waals surface area contributed by atoms with Crippen molar-refractivity contribution in [3.63, 3.8) is 0 Å². The second kappa shape index (κ2) is 6.83. The molecule has 154 valence electrons. The van der Waals surface area contributed by atoms with Gasteiger partial charge in [-0.3, -0.25) is 9.78 Å². The lowest BCUT2D eigenvalue weighted by Crippen LogP contribution is -2.46. The Morgan fingerprint density at radius 1 is 1.14 bits per heavy atom. The van der Waals surface area contributed by atoms with Gasteiger partial charge in [-0.2, -0.15) is 13.2 Å². The summed E-state index contributed by atoms with van der Waals surface area (Å²) in [5.41, 5.74) is -5.14. The molecule has 2 heterocycles. The van der Waals surface area contributed by atoms with Crippen LogP contribution in [0.2, 0.25) is 0 Å². The first-order valence-electron chi connectivity index (χ1n) is 8.34. The van der Waals surface area contributed by atoms with E-state index in [1.807, 2.05) is 6.92 Å². The second-order valence-corrected chi connectivity index (χ2v) is 8.77. The number of urea groups is 1. The van der Waals surface area contributed by atoms with Crippen LogP contribution in [0.25, 0.3) is 0 Å². The normalized spacial score (nSPS) is 20.1. The molecule has 3 amide bonds. The minimum atomic E-state index is -5.52. The van der Waals surface area contributed by atoms with Crippen LogP contribution < -0.4 is 10.2 Å². The third kappa shape index (κ3) is 3.57. The number of carbonyl (C=O) groups is 2. The number of nitrogens with one attached hydrogen (secondary N) is 1. The van der Waals surface area contributed by atoms with Crippen molar-refractivity contribution >= 4 is 27.5 Å². The fraction of sp³-hybridized carbons (Fsp3) is 0.278. The number of hydrogen-bond acceptors (Lipinski definition) is 5. The maximum atomic E-state index is 12.9. The van der Waals surface area contributed by atoms with E-state index in [2.05, 4.69) is 10.3 Å². The highest BCUT2D eigenvalue weighted by molar-refractivity contribution is 7.92. The number of aryl methyl sites for hydroxylation is 1. The van der Waals surface area contributed by atoms with E-state index in [1.54, 1.807) is 18.5 Å². The molecular formula is C18H16F3N3O4S. The summed E-state index contributed by atoms with van der Waals surface area (Å²) in [6, 6.07) is 4.36. The van der Waals surface area contributed by atoms with Gasteiger partial charge < -0.3 is 5.32 Å². The van der Waals surface area contributed by atoms with Crippen molar-refractivity contribution in [2.45, 2.75) is 36.2 Å². The molecule has 1 N–H and O–H groups in total. The monoisotopic (exact) mass is 427 g/mol. The second-order valence-electron chi connectivity index (χ2n) is 6.82. The van der Waals surface area contributed by atoms with Gasteiger partial charge in [-0.25, -0.2) is 18.1 Å². The summed E-state index contributed by atoms with van der Waals surface area (Å²) in [6.07, 6.45) is 3.37. The van der Waals surface area contributed by atoms with Crippen LogP contribution in [-0.4, -0.2) is 36.4 Å². The average molecular weight is 427 g/mol. The summed E-state index contributed by atoms with van der Waals surface area (Å²) < 4.78 is 60.9. The predicted molar refractivity (Wildman–Crippen MR) is 96.8 cm³/mol. The number of amides is 3. The largest absolute Gasteiger partial charge is 0.501 e. The molecule has 11 heteroatoms. The van der Waals surface area contributed by atoms with Gasteiger partial charge in [-0.15, -0.1) is 0 Å². The molecule has 0 spiro atoms. The van der Waals surface area contributed by atoms with E-state index >= 15 is 0 Å². The zero-order valence-corrected chi connectivity index (χ0v) is 16.1. The molecule has 1 aromatic carbocycles. The predicted octanol–water partition coefficient (Wildman–Crippen LogP) is 2.74. The smallest absolute Gasteiger partial charge is 0.323 e. The number of aromatic nitrogens is 1. The maximum Gasteiger partial charge on any atom is 0.501 e. The quantitative estimate of drug-likeness (QED) is 0.757. The Bertz CT molecular complexity index is 1080. The Morgan fingerprint density at radius 3 is 2.31 bits per heavy atom. The van der Waals surface area contributed by atoms with Gasteiger partial charge >= 0.3 is 11.5 Å². The van der Waals surface area contributed by atoms with Gasteiger partial charge in [-0.05, 0) is 55.3 Å².